The van der Waals surface area contributed by atoms with E-state index in [1.807, 2.05) is 24.3 Å². The monoisotopic (exact) mass is 392 g/mol. The van der Waals surface area contributed by atoms with Crippen molar-refractivity contribution in [2.75, 3.05) is 17.2 Å². The maximum atomic E-state index is 12.2. The molecule has 4 N–H and O–H groups in total. The van der Waals surface area contributed by atoms with Crippen molar-refractivity contribution in [1.82, 2.24) is 0 Å². The molecule has 6 heteroatoms. The van der Waals surface area contributed by atoms with Gasteiger partial charge in [-0.05, 0) is 73.4 Å². The van der Waals surface area contributed by atoms with Gasteiger partial charge in [0.05, 0.1) is 6.54 Å². The lowest BCUT2D eigenvalue weighted by Crippen LogP contribution is -2.26. The van der Waals surface area contributed by atoms with Crippen LogP contribution in [0.4, 0.5) is 11.4 Å². The fourth-order valence-corrected chi connectivity index (χ4v) is 4.01. The molecule has 1 aliphatic carbocycles. The number of aliphatic imine (C=N–C) groups is 1. The second kappa shape index (κ2) is 9.09. The van der Waals surface area contributed by atoms with Crippen LogP contribution in [0.25, 0.3) is 0 Å². The van der Waals surface area contributed by atoms with Gasteiger partial charge >= 0.3 is 0 Å². The number of hydrogen-bond acceptors (Lipinski definition) is 3. The third kappa shape index (κ3) is 4.95. The largest absolute Gasteiger partial charge is 0.370 e. The number of nitrogens with two attached hydrogens (primary N) is 1. The van der Waals surface area contributed by atoms with Crippen LogP contribution in [0.2, 0.25) is 0 Å². The van der Waals surface area contributed by atoms with Crippen LogP contribution >= 0.6 is 0 Å². The van der Waals surface area contributed by atoms with Crippen molar-refractivity contribution >= 4 is 23.2 Å². The van der Waals surface area contributed by atoms with Gasteiger partial charge in [0.15, 0.2) is 5.96 Å². The molecule has 0 bridgehead atoms. The zero-order valence-corrected chi connectivity index (χ0v) is 16.6. The van der Waals surface area contributed by atoms with Crippen molar-refractivity contribution in [2.24, 2.45) is 10.7 Å². The fraction of sp³-hybridized carbons (Fsp3) is 0.391. The average molecular weight is 393 g/mol. The average Bonchev–Trinajstić information content (AvgIpc) is 3.28. The maximum absolute atomic E-state index is 12.2. The summed E-state index contributed by atoms with van der Waals surface area (Å²) in [7, 11) is 0. The van der Waals surface area contributed by atoms with E-state index in [9.17, 15) is 4.79 Å². The molecule has 1 amide bonds. The minimum absolute atomic E-state index is 0.0850. The predicted octanol–water partition coefficient (Wildman–Crippen LogP) is 3.61. The number of amides is 1. The fourth-order valence-electron chi connectivity index (χ4n) is 4.01. The van der Waals surface area contributed by atoms with Gasteiger partial charge in [0.2, 0.25) is 0 Å². The van der Waals surface area contributed by atoms with E-state index in [1.54, 1.807) is 0 Å². The van der Waals surface area contributed by atoms with E-state index in [0.29, 0.717) is 19.1 Å². The van der Waals surface area contributed by atoms with Crippen LogP contribution in [-0.2, 0) is 28.9 Å². The minimum atomic E-state index is -0.340. The van der Waals surface area contributed by atoms with Crippen LogP contribution in [0.1, 0.15) is 42.4 Å². The number of rotatable bonds is 5. The second-order valence-corrected chi connectivity index (χ2v) is 7.67. The molecule has 1 aliphatic heterocycles. The number of benzene rings is 2. The van der Waals surface area contributed by atoms with Crippen molar-refractivity contribution in [3.8, 4) is 0 Å². The van der Waals surface area contributed by atoms with E-state index in [-0.39, 0.29) is 12.0 Å². The highest BCUT2D eigenvalue weighted by molar-refractivity contribution is 5.94. The number of guanidine groups is 1. The van der Waals surface area contributed by atoms with Gasteiger partial charge in [0.25, 0.3) is 5.91 Å². The number of carbonyl (C=O) groups excluding carboxylic acids is 1. The molecule has 0 saturated carbocycles. The van der Waals surface area contributed by atoms with Gasteiger partial charge in [0.1, 0.15) is 6.10 Å². The van der Waals surface area contributed by atoms with Gasteiger partial charge in [-0.15, -0.1) is 0 Å². The summed E-state index contributed by atoms with van der Waals surface area (Å²) in [5.41, 5.74) is 11.7. The second-order valence-electron chi connectivity index (χ2n) is 7.67. The standard InChI is InChI=1S/C23H28N4O2/c24-23(27-20-11-4-8-17-7-1-2-10-19(17)20)25-15-16-6-3-9-18(14-16)26-22(28)21-12-5-13-29-21/h3-4,6,8-9,11,14,21H,1-2,5,7,10,12-13,15H2,(H,26,28)(H3,24,25,27). The van der Waals surface area contributed by atoms with Crippen LogP contribution in [0, 0.1) is 0 Å². The minimum Gasteiger partial charge on any atom is -0.370 e. The highest BCUT2D eigenvalue weighted by atomic mass is 16.5. The van der Waals surface area contributed by atoms with Crippen LogP contribution in [0.15, 0.2) is 47.5 Å². The van der Waals surface area contributed by atoms with Gasteiger partial charge in [0, 0.05) is 18.0 Å². The summed E-state index contributed by atoms with van der Waals surface area (Å²) < 4.78 is 5.43. The summed E-state index contributed by atoms with van der Waals surface area (Å²) in [4.78, 5) is 16.7. The molecule has 1 unspecified atom stereocenters. The Morgan fingerprint density at radius 3 is 2.83 bits per heavy atom. The quantitative estimate of drug-likeness (QED) is 0.536. The molecule has 2 aliphatic rings. The number of anilines is 2. The van der Waals surface area contributed by atoms with Crippen LogP contribution in [0.3, 0.4) is 0 Å². The summed E-state index contributed by atoms with van der Waals surface area (Å²) in [6.07, 6.45) is 6.05. The molecule has 4 rings (SSSR count). The number of hydrogen-bond donors (Lipinski definition) is 3. The predicted molar refractivity (Wildman–Crippen MR) is 116 cm³/mol. The number of nitrogens with zero attached hydrogens (tertiary/aromatic N) is 1. The van der Waals surface area contributed by atoms with Crippen LogP contribution in [-0.4, -0.2) is 24.6 Å². The number of ether oxygens (including phenoxy) is 1. The molecular formula is C23H28N4O2. The summed E-state index contributed by atoms with van der Waals surface area (Å²) in [6, 6.07) is 14.0. The number of fused-ring (bicyclic) bond motifs is 1. The van der Waals surface area contributed by atoms with Crippen molar-refractivity contribution in [2.45, 2.75) is 51.2 Å². The lowest BCUT2D eigenvalue weighted by Gasteiger charge is -2.19. The molecule has 29 heavy (non-hydrogen) atoms. The molecule has 0 spiro atoms. The topological polar surface area (TPSA) is 88.7 Å². The summed E-state index contributed by atoms with van der Waals surface area (Å²) in [5, 5.41) is 6.19. The molecule has 152 valence electrons. The first-order chi connectivity index (χ1) is 14.2. The molecule has 1 atom stereocenters. The molecule has 2 aromatic rings. The number of nitrogens with one attached hydrogen (secondary N) is 2. The van der Waals surface area contributed by atoms with E-state index < -0.39 is 0 Å². The molecule has 1 saturated heterocycles. The van der Waals surface area contributed by atoms with Crippen molar-refractivity contribution in [3.05, 3.63) is 59.2 Å². The molecule has 2 aromatic carbocycles. The van der Waals surface area contributed by atoms with Gasteiger partial charge in [-0.3, -0.25) is 4.79 Å². The zero-order valence-electron chi connectivity index (χ0n) is 16.6. The first kappa shape index (κ1) is 19.5. The first-order valence-electron chi connectivity index (χ1n) is 10.4. The van der Waals surface area contributed by atoms with Crippen molar-refractivity contribution in [3.63, 3.8) is 0 Å². The number of carbonyl (C=O) groups is 1. The molecule has 1 heterocycles. The Bertz CT molecular complexity index is 904. The van der Waals surface area contributed by atoms with Crippen LogP contribution in [0.5, 0.6) is 0 Å². The van der Waals surface area contributed by atoms with Gasteiger partial charge in [-0.2, -0.15) is 0 Å². The van der Waals surface area contributed by atoms with E-state index >= 15 is 0 Å². The highest BCUT2D eigenvalue weighted by Crippen LogP contribution is 2.27. The Morgan fingerprint density at radius 1 is 1.10 bits per heavy atom. The maximum Gasteiger partial charge on any atom is 0.253 e. The zero-order chi connectivity index (χ0) is 20.1. The van der Waals surface area contributed by atoms with Crippen molar-refractivity contribution in [1.29, 1.82) is 0 Å². The Kier molecular flexibility index (Phi) is 6.10. The Labute approximate surface area is 171 Å². The molecule has 0 radical (unpaired) electrons. The Morgan fingerprint density at radius 2 is 1.97 bits per heavy atom. The van der Waals surface area contributed by atoms with Gasteiger partial charge < -0.3 is 21.1 Å². The van der Waals surface area contributed by atoms with Gasteiger partial charge in [-0.1, -0.05) is 24.3 Å². The molecule has 0 aromatic heterocycles. The molecule has 1 fully saturated rings. The van der Waals surface area contributed by atoms with E-state index in [1.165, 1.54) is 24.0 Å². The van der Waals surface area contributed by atoms with E-state index in [4.69, 9.17) is 10.5 Å². The summed E-state index contributed by atoms with van der Waals surface area (Å²) in [5.74, 6) is 0.316. The first-order valence-corrected chi connectivity index (χ1v) is 10.4. The smallest absolute Gasteiger partial charge is 0.253 e. The Hall–Kier alpha value is -2.86. The summed E-state index contributed by atoms with van der Waals surface area (Å²) in [6.45, 7) is 1.10. The lowest BCUT2D eigenvalue weighted by molar-refractivity contribution is -0.124. The molecule has 6 nitrogen and oxygen atoms in total. The summed E-state index contributed by atoms with van der Waals surface area (Å²) >= 11 is 0. The SMILES string of the molecule is NC(=NCc1cccc(NC(=O)C2CCCO2)c1)Nc1cccc2c1CCCC2. The lowest BCUT2D eigenvalue weighted by atomic mass is 9.90. The third-order valence-electron chi connectivity index (χ3n) is 5.51. The van der Waals surface area contributed by atoms with E-state index in [0.717, 1.165) is 42.6 Å². The Balaban J connectivity index is 1.38. The third-order valence-corrected chi connectivity index (χ3v) is 5.51. The normalized spacial score (nSPS) is 18.9. The molecular weight excluding hydrogens is 364 g/mol. The van der Waals surface area contributed by atoms with Crippen molar-refractivity contribution < 1.29 is 9.53 Å². The van der Waals surface area contributed by atoms with Gasteiger partial charge in [-0.25, -0.2) is 4.99 Å². The highest BCUT2D eigenvalue weighted by Gasteiger charge is 2.23. The number of aryl methyl sites for hydroxylation is 1. The van der Waals surface area contributed by atoms with Crippen LogP contribution < -0.4 is 16.4 Å². The van der Waals surface area contributed by atoms with E-state index in [2.05, 4.69) is 33.8 Å².